The van der Waals surface area contributed by atoms with Crippen LogP contribution < -0.4 is 10.9 Å². The summed E-state index contributed by atoms with van der Waals surface area (Å²) < 4.78 is 0. The van der Waals surface area contributed by atoms with Crippen LogP contribution in [0.25, 0.3) is 0 Å². The van der Waals surface area contributed by atoms with Crippen LogP contribution in [0.3, 0.4) is 0 Å². The normalized spacial score (nSPS) is 15.0. The molecule has 1 fully saturated rings. The van der Waals surface area contributed by atoms with Gasteiger partial charge in [-0.05, 0) is 18.4 Å². The number of nitrogens with zero attached hydrogens (tertiary/aromatic N) is 1. The molecule has 2 rings (SSSR count). The Kier molecular flexibility index (Phi) is 6.08. The number of hydrogen-bond acceptors (Lipinski definition) is 4. The smallest absolute Gasteiger partial charge is 0.270 e. The largest absolute Gasteiger partial charge is 0.273 e. The Bertz CT molecular complexity index is 582. The molecule has 1 aliphatic rings. The molecule has 1 aromatic carbocycles. The third-order valence-electron chi connectivity index (χ3n) is 4.14. The molecule has 0 radical (unpaired) electrons. The quantitative estimate of drug-likeness (QED) is 0.643. The molecule has 0 heterocycles. The summed E-state index contributed by atoms with van der Waals surface area (Å²) in [6.07, 6.45) is 7.30. The van der Waals surface area contributed by atoms with E-state index in [1.807, 2.05) is 0 Å². The van der Waals surface area contributed by atoms with Crippen LogP contribution in [0.1, 0.15) is 55.3 Å². The number of hydrogen-bond donors (Lipinski definition) is 2. The highest BCUT2D eigenvalue weighted by Crippen LogP contribution is 2.27. The lowest BCUT2D eigenvalue weighted by atomic mass is 9.86. The molecule has 2 N–H and O–H groups in total. The van der Waals surface area contributed by atoms with Crippen molar-refractivity contribution in [1.29, 1.82) is 0 Å². The second kappa shape index (κ2) is 8.26. The number of nitro groups is 1. The zero-order chi connectivity index (χ0) is 16.7. The topological polar surface area (TPSA) is 101 Å². The van der Waals surface area contributed by atoms with Gasteiger partial charge in [-0.15, -0.1) is 0 Å². The van der Waals surface area contributed by atoms with E-state index < -0.39 is 10.8 Å². The number of benzene rings is 1. The molecule has 0 unspecified atom stereocenters. The molecule has 2 amide bonds. The molecule has 23 heavy (non-hydrogen) atoms. The van der Waals surface area contributed by atoms with Gasteiger partial charge in [0, 0.05) is 24.1 Å². The van der Waals surface area contributed by atoms with Gasteiger partial charge in [-0.25, -0.2) is 0 Å². The van der Waals surface area contributed by atoms with Gasteiger partial charge in [-0.3, -0.25) is 30.6 Å². The minimum absolute atomic E-state index is 0.131. The molecule has 1 aromatic rings. The highest BCUT2D eigenvalue weighted by Gasteiger charge is 2.16. The first kappa shape index (κ1) is 16.9. The monoisotopic (exact) mass is 319 g/mol. The minimum Gasteiger partial charge on any atom is -0.273 e. The maximum atomic E-state index is 11.9. The molecule has 124 valence electrons. The number of hydrazine groups is 1. The molecule has 0 bridgehead atoms. The number of nitrogens with one attached hydrogen (secondary N) is 2. The summed E-state index contributed by atoms with van der Waals surface area (Å²) in [7, 11) is 0. The van der Waals surface area contributed by atoms with Crippen LogP contribution in [-0.4, -0.2) is 16.7 Å². The maximum Gasteiger partial charge on any atom is 0.270 e. The number of carbonyl (C=O) groups excluding carboxylic acids is 2. The number of rotatable bonds is 5. The van der Waals surface area contributed by atoms with E-state index in [0.29, 0.717) is 12.3 Å². The van der Waals surface area contributed by atoms with Crippen molar-refractivity contribution in [3.63, 3.8) is 0 Å². The van der Waals surface area contributed by atoms with E-state index in [1.54, 1.807) is 0 Å². The molecule has 0 spiro atoms. The molecule has 0 aromatic heterocycles. The van der Waals surface area contributed by atoms with Crippen molar-refractivity contribution in [3.8, 4) is 0 Å². The fourth-order valence-corrected chi connectivity index (χ4v) is 2.83. The Morgan fingerprint density at radius 3 is 2.61 bits per heavy atom. The average molecular weight is 319 g/mol. The minimum atomic E-state index is -0.570. The van der Waals surface area contributed by atoms with Gasteiger partial charge in [0.1, 0.15) is 0 Å². The average Bonchev–Trinajstić information content (AvgIpc) is 2.58. The SMILES string of the molecule is O=C(CCC1CCCCC1)NNC(=O)c1cccc([N+](=O)[O-])c1. The van der Waals surface area contributed by atoms with E-state index in [1.165, 1.54) is 56.4 Å². The van der Waals surface area contributed by atoms with Crippen molar-refractivity contribution in [2.24, 2.45) is 5.92 Å². The summed E-state index contributed by atoms with van der Waals surface area (Å²) in [5.41, 5.74) is 4.62. The van der Waals surface area contributed by atoms with Crippen molar-refractivity contribution < 1.29 is 14.5 Å². The van der Waals surface area contributed by atoms with Crippen LogP contribution in [0.15, 0.2) is 24.3 Å². The van der Waals surface area contributed by atoms with Gasteiger partial charge in [0.25, 0.3) is 11.6 Å². The van der Waals surface area contributed by atoms with Crippen LogP contribution >= 0.6 is 0 Å². The van der Waals surface area contributed by atoms with E-state index >= 15 is 0 Å². The second-order valence-electron chi connectivity index (χ2n) is 5.85. The van der Waals surface area contributed by atoms with Crippen molar-refractivity contribution >= 4 is 17.5 Å². The summed E-state index contributed by atoms with van der Waals surface area (Å²) in [4.78, 5) is 33.8. The van der Waals surface area contributed by atoms with E-state index in [-0.39, 0.29) is 17.2 Å². The predicted molar refractivity (Wildman–Crippen MR) is 84.5 cm³/mol. The summed E-state index contributed by atoms with van der Waals surface area (Å²) in [6, 6.07) is 5.36. The number of non-ortho nitro benzene ring substituents is 1. The zero-order valence-electron chi connectivity index (χ0n) is 12.9. The molecule has 7 nitrogen and oxygen atoms in total. The number of amides is 2. The summed E-state index contributed by atoms with van der Waals surface area (Å²) in [5.74, 6) is -0.212. The van der Waals surface area contributed by atoms with Gasteiger partial charge >= 0.3 is 0 Å². The lowest BCUT2D eigenvalue weighted by Gasteiger charge is -2.20. The predicted octanol–water partition coefficient (Wildman–Crippen LogP) is 2.72. The Morgan fingerprint density at radius 2 is 1.91 bits per heavy atom. The first-order valence-electron chi connectivity index (χ1n) is 7.90. The molecule has 0 aliphatic heterocycles. The Labute approximate surface area is 134 Å². The fourth-order valence-electron chi connectivity index (χ4n) is 2.83. The standard InChI is InChI=1S/C16H21N3O4/c20-15(10-9-12-5-2-1-3-6-12)17-18-16(21)13-7-4-8-14(11-13)19(22)23/h4,7-8,11-12H,1-3,5-6,9-10H2,(H,17,20)(H,18,21). The lowest BCUT2D eigenvalue weighted by molar-refractivity contribution is -0.384. The second-order valence-corrected chi connectivity index (χ2v) is 5.85. The molecule has 0 saturated heterocycles. The van der Waals surface area contributed by atoms with Crippen LogP contribution in [-0.2, 0) is 4.79 Å². The first-order chi connectivity index (χ1) is 11.1. The van der Waals surface area contributed by atoms with Crippen molar-refractivity contribution in [2.45, 2.75) is 44.9 Å². The lowest BCUT2D eigenvalue weighted by Crippen LogP contribution is -2.41. The van der Waals surface area contributed by atoms with Crippen molar-refractivity contribution in [1.82, 2.24) is 10.9 Å². The Balaban J connectivity index is 1.76. The van der Waals surface area contributed by atoms with E-state index in [9.17, 15) is 19.7 Å². The maximum absolute atomic E-state index is 11.9. The Hall–Kier alpha value is -2.44. The number of nitro benzene ring substituents is 1. The first-order valence-corrected chi connectivity index (χ1v) is 7.90. The number of carbonyl (C=O) groups is 2. The Morgan fingerprint density at radius 1 is 1.17 bits per heavy atom. The van der Waals surface area contributed by atoms with Gasteiger partial charge in [0.15, 0.2) is 0 Å². The summed E-state index contributed by atoms with van der Waals surface area (Å²) in [6.45, 7) is 0. The fraction of sp³-hybridized carbons (Fsp3) is 0.500. The van der Waals surface area contributed by atoms with Crippen LogP contribution in [0.4, 0.5) is 5.69 Å². The third kappa shape index (κ3) is 5.36. The third-order valence-corrected chi connectivity index (χ3v) is 4.14. The van der Waals surface area contributed by atoms with Crippen molar-refractivity contribution in [3.05, 3.63) is 39.9 Å². The van der Waals surface area contributed by atoms with E-state index in [2.05, 4.69) is 10.9 Å². The van der Waals surface area contributed by atoms with Gasteiger partial charge in [-0.2, -0.15) is 0 Å². The molecule has 7 heteroatoms. The molecule has 0 atom stereocenters. The van der Waals surface area contributed by atoms with Gasteiger partial charge in [0.2, 0.25) is 5.91 Å². The summed E-state index contributed by atoms with van der Waals surface area (Å²) in [5, 5.41) is 10.7. The van der Waals surface area contributed by atoms with E-state index in [4.69, 9.17) is 0 Å². The zero-order valence-corrected chi connectivity index (χ0v) is 12.9. The van der Waals surface area contributed by atoms with E-state index in [0.717, 1.165) is 6.42 Å². The molecule has 1 aliphatic carbocycles. The van der Waals surface area contributed by atoms with Crippen molar-refractivity contribution in [2.75, 3.05) is 0 Å². The van der Waals surface area contributed by atoms with Gasteiger partial charge in [0.05, 0.1) is 4.92 Å². The highest BCUT2D eigenvalue weighted by atomic mass is 16.6. The van der Waals surface area contributed by atoms with Crippen LogP contribution in [0.2, 0.25) is 0 Å². The molecular formula is C16H21N3O4. The highest BCUT2D eigenvalue weighted by molar-refractivity contribution is 5.95. The van der Waals surface area contributed by atoms with Gasteiger partial charge < -0.3 is 0 Å². The van der Waals surface area contributed by atoms with Crippen LogP contribution in [0, 0.1) is 16.0 Å². The molecule has 1 saturated carbocycles. The van der Waals surface area contributed by atoms with Gasteiger partial charge in [-0.1, -0.05) is 38.2 Å². The van der Waals surface area contributed by atoms with Crippen LogP contribution in [0.5, 0.6) is 0 Å². The summed E-state index contributed by atoms with van der Waals surface area (Å²) >= 11 is 0. The molecular weight excluding hydrogens is 298 g/mol.